The van der Waals surface area contributed by atoms with Gasteiger partial charge in [-0.3, -0.25) is 0 Å². The van der Waals surface area contributed by atoms with Crippen molar-refractivity contribution in [3.63, 3.8) is 0 Å². The lowest BCUT2D eigenvalue weighted by Gasteiger charge is -2.12. The minimum Gasteiger partial charge on any atom is -0.247 e. The maximum Gasteiger partial charge on any atom is 0.160 e. The fourth-order valence-electron chi connectivity index (χ4n) is 6.35. The number of thiophene rings is 1. The molecule has 0 saturated carbocycles. The van der Waals surface area contributed by atoms with Crippen molar-refractivity contribution in [3.8, 4) is 56.3 Å². The second-order valence-corrected chi connectivity index (χ2v) is 12.7. The minimum absolute atomic E-state index is 0.693. The number of aromatic nitrogens is 3. The molecule has 0 spiro atoms. The van der Waals surface area contributed by atoms with E-state index in [9.17, 15) is 0 Å². The van der Waals surface area contributed by atoms with Crippen molar-refractivity contribution < 1.29 is 0 Å². The summed E-state index contributed by atoms with van der Waals surface area (Å²) in [5.74, 6) is 0.693. The first-order chi connectivity index (χ1) is 23.3. The second kappa shape index (κ2) is 11.4. The Morgan fingerprint density at radius 1 is 0.383 bits per heavy atom. The molecule has 0 unspecified atom stereocenters. The molecule has 3 nitrogen and oxygen atoms in total. The van der Waals surface area contributed by atoms with Crippen molar-refractivity contribution in [1.29, 1.82) is 0 Å². The van der Waals surface area contributed by atoms with Crippen LogP contribution in [0.1, 0.15) is 0 Å². The van der Waals surface area contributed by atoms with Crippen molar-refractivity contribution in [1.82, 2.24) is 15.0 Å². The number of benzene rings is 6. The van der Waals surface area contributed by atoms with Crippen LogP contribution >= 0.6 is 11.3 Å². The fraction of sp³-hybridized carbons (Fsp3) is 0. The lowest BCUT2D eigenvalue weighted by atomic mass is 10.0. The molecule has 0 N–H and O–H groups in total. The number of fused-ring (bicyclic) bond motifs is 5. The largest absolute Gasteiger partial charge is 0.247 e. The molecule has 0 aliphatic rings. The normalized spacial score (nSPS) is 11.4. The smallest absolute Gasteiger partial charge is 0.160 e. The van der Waals surface area contributed by atoms with E-state index in [-0.39, 0.29) is 0 Å². The Morgan fingerprint density at radius 3 is 1.66 bits per heavy atom. The summed E-state index contributed by atoms with van der Waals surface area (Å²) < 4.78 is 2.53. The number of hydrogen-bond acceptors (Lipinski definition) is 4. The molecule has 0 amide bonds. The third-order valence-corrected chi connectivity index (χ3v) is 9.90. The Labute approximate surface area is 276 Å². The van der Waals surface area contributed by atoms with Gasteiger partial charge in [0.1, 0.15) is 0 Å². The predicted molar refractivity (Wildman–Crippen MR) is 197 cm³/mol. The summed E-state index contributed by atoms with van der Waals surface area (Å²) in [6.45, 7) is 0. The van der Waals surface area contributed by atoms with Crippen molar-refractivity contribution in [3.05, 3.63) is 164 Å². The minimum atomic E-state index is 0.693. The maximum absolute atomic E-state index is 5.35. The van der Waals surface area contributed by atoms with E-state index in [1.807, 2.05) is 35.6 Å². The second-order valence-electron chi connectivity index (χ2n) is 11.6. The van der Waals surface area contributed by atoms with Crippen LogP contribution in [0.4, 0.5) is 0 Å². The van der Waals surface area contributed by atoms with Gasteiger partial charge in [-0.25, -0.2) is 15.0 Å². The molecular formula is C43H27N3S. The SMILES string of the molecule is c1ccc(-c2ccc(-c3nc(-c4ccccc4)cc(-c4ccc5c(c4)nc(-c4ccccc4)c4c6ccccc6sc54)n3)cc2)cc1. The van der Waals surface area contributed by atoms with Crippen molar-refractivity contribution in [2.75, 3.05) is 0 Å². The highest BCUT2D eigenvalue weighted by Gasteiger charge is 2.18. The first-order valence-corrected chi connectivity index (χ1v) is 16.5. The molecule has 0 atom stereocenters. The van der Waals surface area contributed by atoms with E-state index in [2.05, 4.69) is 140 Å². The molecule has 220 valence electrons. The summed E-state index contributed by atoms with van der Waals surface area (Å²) in [7, 11) is 0. The molecule has 9 aromatic rings. The number of pyridine rings is 1. The van der Waals surface area contributed by atoms with Gasteiger partial charge in [0.15, 0.2) is 5.82 Å². The molecule has 0 aliphatic carbocycles. The predicted octanol–water partition coefficient (Wildman–Crippen LogP) is 11.7. The van der Waals surface area contributed by atoms with Gasteiger partial charge in [-0.05, 0) is 29.3 Å². The van der Waals surface area contributed by atoms with Crippen LogP contribution in [0.5, 0.6) is 0 Å². The number of hydrogen-bond donors (Lipinski definition) is 0. The quantitative estimate of drug-likeness (QED) is 0.193. The van der Waals surface area contributed by atoms with E-state index in [1.165, 1.54) is 25.7 Å². The topological polar surface area (TPSA) is 38.7 Å². The van der Waals surface area contributed by atoms with Crippen LogP contribution in [-0.4, -0.2) is 15.0 Å². The van der Waals surface area contributed by atoms with Crippen molar-refractivity contribution >= 4 is 42.4 Å². The molecule has 9 rings (SSSR count). The summed E-state index contributed by atoms with van der Waals surface area (Å²) in [5.41, 5.74) is 10.2. The van der Waals surface area contributed by atoms with Gasteiger partial charge >= 0.3 is 0 Å². The summed E-state index contributed by atoms with van der Waals surface area (Å²) in [6.07, 6.45) is 0. The Morgan fingerprint density at radius 2 is 0.936 bits per heavy atom. The average molecular weight is 618 g/mol. The van der Waals surface area contributed by atoms with E-state index in [1.54, 1.807) is 0 Å². The summed E-state index contributed by atoms with van der Waals surface area (Å²) >= 11 is 1.83. The molecule has 3 aromatic heterocycles. The van der Waals surface area contributed by atoms with Crippen LogP contribution in [0.15, 0.2) is 164 Å². The Hall–Kier alpha value is -5.97. The first-order valence-electron chi connectivity index (χ1n) is 15.7. The molecule has 0 fully saturated rings. The van der Waals surface area contributed by atoms with Crippen LogP contribution in [-0.2, 0) is 0 Å². The average Bonchev–Trinajstić information content (AvgIpc) is 3.55. The zero-order valence-corrected chi connectivity index (χ0v) is 26.2. The molecule has 4 heteroatoms. The molecular weight excluding hydrogens is 591 g/mol. The van der Waals surface area contributed by atoms with Gasteiger partial charge in [0.25, 0.3) is 0 Å². The Balaban J connectivity index is 1.23. The molecule has 47 heavy (non-hydrogen) atoms. The van der Waals surface area contributed by atoms with Crippen LogP contribution in [0.2, 0.25) is 0 Å². The van der Waals surface area contributed by atoms with Crippen LogP contribution < -0.4 is 0 Å². The molecule has 0 radical (unpaired) electrons. The van der Waals surface area contributed by atoms with Gasteiger partial charge in [0.05, 0.1) is 22.6 Å². The van der Waals surface area contributed by atoms with E-state index in [4.69, 9.17) is 15.0 Å². The fourth-order valence-corrected chi connectivity index (χ4v) is 7.59. The van der Waals surface area contributed by atoms with Gasteiger partial charge in [0, 0.05) is 47.8 Å². The van der Waals surface area contributed by atoms with Gasteiger partial charge in [-0.15, -0.1) is 11.3 Å². The first kappa shape index (κ1) is 27.3. The highest BCUT2D eigenvalue weighted by atomic mass is 32.1. The lowest BCUT2D eigenvalue weighted by molar-refractivity contribution is 1.18. The van der Waals surface area contributed by atoms with E-state index in [0.29, 0.717) is 5.82 Å². The van der Waals surface area contributed by atoms with Crippen LogP contribution in [0, 0.1) is 0 Å². The molecule has 0 aliphatic heterocycles. The molecule has 0 saturated heterocycles. The van der Waals surface area contributed by atoms with Crippen LogP contribution in [0.3, 0.4) is 0 Å². The number of nitrogens with zero attached hydrogens (tertiary/aromatic N) is 3. The molecule has 0 bridgehead atoms. The van der Waals surface area contributed by atoms with Crippen LogP contribution in [0.25, 0.3) is 87.4 Å². The highest BCUT2D eigenvalue weighted by Crippen LogP contribution is 2.43. The zero-order valence-electron chi connectivity index (χ0n) is 25.3. The van der Waals surface area contributed by atoms with Gasteiger partial charge in [-0.1, -0.05) is 146 Å². The highest BCUT2D eigenvalue weighted by molar-refractivity contribution is 7.26. The standard InChI is InChI=1S/C43H27N3S/c1-4-12-28(13-5-1)29-20-22-32(23-21-29)43-45-36(30-14-6-2-7-15-30)27-37(46-43)33-24-25-34-38(26-33)44-41(31-16-8-3-9-17-31)40-35-18-10-11-19-39(35)47-42(34)40/h1-27H. The Bertz CT molecular complexity index is 2540. The van der Waals surface area contributed by atoms with Gasteiger partial charge in [-0.2, -0.15) is 0 Å². The van der Waals surface area contributed by atoms with Crippen molar-refractivity contribution in [2.45, 2.75) is 0 Å². The van der Waals surface area contributed by atoms with E-state index < -0.39 is 0 Å². The summed E-state index contributed by atoms with van der Waals surface area (Å²) in [6, 6.07) is 57.1. The van der Waals surface area contributed by atoms with E-state index >= 15 is 0 Å². The van der Waals surface area contributed by atoms with E-state index in [0.717, 1.165) is 55.8 Å². The zero-order chi connectivity index (χ0) is 31.2. The van der Waals surface area contributed by atoms with Gasteiger partial charge in [0.2, 0.25) is 0 Å². The summed E-state index contributed by atoms with van der Waals surface area (Å²) in [5, 5.41) is 3.61. The summed E-state index contributed by atoms with van der Waals surface area (Å²) in [4.78, 5) is 15.6. The maximum atomic E-state index is 5.35. The monoisotopic (exact) mass is 617 g/mol. The lowest BCUT2D eigenvalue weighted by Crippen LogP contribution is -1.96. The third kappa shape index (κ3) is 4.96. The van der Waals surface area contributed by atoms with Crippen molar-refractivity contribution in [2.24, 2.45) is 0 Å². The number of rotatable bonds is 5. The molecule has 3 heterocycles. The van der Waals surface area contributed by atoms with Gasteiger partial charge < -0.3 is 0 Å². The third-order valence-electron chi connectivity index (χ3n) is 8.70. The Kier molecular flexibility index (Phi) is 6.65. The molecule has 6 aromatic carbocycles.